The molecule has 1 aliphatic heterocycles. The van der Waals surface area contributed by atoms with E-state index < -0.39 is 47.1 Å². The van der Waals surface area contributed by atoms with Crippen LogP contribution in [0, 0.1) is 11.3 Å². The van der Waals surface area contributed by atoms with Gasteiger partial charge in [-0.2, -0.15) is 0 Å². The lowest BCUT2D eigenvalue weighted by Gasteiger charge is -2.44. The van der Waals surface area contributed by atoms with E-state index in [2.05, 4.69) is 10.6 Å². The molecule has 3 aliphatic rings. The van der Waals surface area contributed by atoms with E-state index in [-0.39, 0.29) is 18.3 Å². The first-order valence-corrected chi connectivity index (χ1v) is 11.9. The molecule has 0 spiro atoms. The summed E-state index contributed by atoms with van der Waals surface area (Å²) in [6.45, 7) is -0.472. The topological polar surface area (TPSA) is 79.8 Å². The van der Waals surface area contributed by atoms with Crippen molar-refractivity contribution >= 4 is 23.2 Å². The van der Waals surface area contributed by atoms with Crippen molar-refractivity contribution in [1.82, 2.24) is 10.6 Å². The number of rotatable bonds is 7. The summed E-state index contributed by atoms with van der Waals surface area (Å²) in [6.07, 6.45) is 3.49. The number of halogens is 2. The number of hydrogen-bond donors (Lipinski definition) is 3. The number of carbonyl (C=O) groups excluding carboxylic acids is 1. The monoisotopic (exact) mass is 510 g/mol. The second-order valence-corrected chi connectivity index (χ2v) is 9.32. The maximum absolute atomic E-state index is 15.5. The Morgan fingerprint density at radius 3 is 2.50 bits per heavy atom. The van der Waals surface area contributed by atoms with Gasteiger partial charge in [-0.15, -0.1) is 0 Å². The Hall–Kier alpha value is -3.40. The van der Waals surface area contributed by atoms with Crippen molar-refractivity contribution in [3.8, 4) is 5.75 Å². The van der Waals surface area contributed by atoms with E-state index in [9.17, 15) is 14.3 Å². The van der Waals surface area contributed by atoms with Gasteiger partial charge < -0.3 is 19.9 Å². The van der Waals surface area contributed by atoms with Crippen LogP contribution in [0.1, 0.15) is 10.4 Å². The Labute approximate surface area is 212 Å². The summed E-state index contributed by atoms with van der Waals surface area (Å²) in [5.74, 6) is -2.61. The SMILES string of the molecule is O=C(NC(=S)N[C@@]1(C23C=C2C=CC(F)=C3F)CO[C@H](COc2ccccc2)C1CO)c1ccccc1. The van der Waals surface area contributed by atoms with E-state index in [0.29, 0.717) is 16.9 Å². The number of thiocarbonyl (C=S) groups is 1. The van der Waals surface area contributed by atoms with Crippen LogP contribution in [0.5, 0.6) is 5.75 Å². The number of aliphatic hydroxyl groups is 1. The Balaban J connectivity index is 1.43. The van der Waals surface area contributed by atoms with E-state index >= 15 is 4.39 Å². The molecule has 1 amide bonds. The number of benzene rings is 2. The average Bonchev–Trinajstić information content (AvgIpc) is 3.56. The summed E-state index contributed by atoms with van der Waals surface area (Å²) in [7, 11) is 0. The molecule has 36 heavy (non-hydrogen) atoms. The highest BCUT2D eigenvalue weighted by Gasteiger charge is 2.70. The van der Waals surface area contributed by atoms with Gasteiger partial charge in [0, 0.05) is 11.5 Å². The summed E-state index contributed by atoms with van der Waals surface area (Å²) in [5, 5.41) is 16.1. The van der Waals surface area contributed by atoms with Crippen molar-refractivity contribution in [2.24, 2.45) is 11.3 Å². The van der Waals surface area contributed by atoms with Gasteiger partial charge in [-0.3, -0.25) is 10.1 Å². The number of fused-ring (bicyclic) bond motifs is 1. The van der Waals surface area contributed by atoms with E-state index in [1.165, 1.54) is 6.08 Å². The molecule has 186 valence electrons. The minimum Gasteiger partial charge on any atom is -0.491 e. The third kappa shape index (κ3) is 4.03. The van der Waals surface area contributed by atoms with Gasteiger partial charge in [-0.05, 0) is 48.1 Å². The fourth-order valence-electron chi connectivity index (χ4n) is 5.12. The van der Waals surface area contributed by atoms with Crippen molar-refractivity contribution < 1.29 is 28.2 Å². The molecule has 0 saturated carbocycles. The van der Waals surface area contributed by atoms with Gasteiger partial charge in [0.25, 0.3) is 5.91 Å². The third-order valence-corrected chi connectivity index (χ3v) is 7.18. The molecular formula is C27H24F2N2O4S. The molecular weight excluding hydrogens is 486 g/mol. The lowest BCUT2D eigenvalue weighted by atomic mass is 9.67. The van der Waals surface area contributed by atoms with Crippen LogP contribution in [0.15, 0.2) is 96.1 Å². The molecule has 0 radical (unpaired) electrons. The van der Waals surface area contributed by atoms with Crippen molar-refractivity contribution in [1.29, 1.82) is 0 Å². The van der Waals surface area contributed by atoms with Crippen molar-refractivity contribution in [2.75, 3.05) is 19.8 Å². The molecule has 1 fully saturated rings. The number of nitrogens with one attached hydrogen (secondary N) is 2. The molecule has 2 aromatic carbocycles. The predicted octanol–water partition coefficient (Wildman–Crippen LogP) is 3.76. The Morgan fingerprint density at radius 1 is 1.11 bits per heavy atom. The molecule has 1 saturated heterocycles. The van der Waals surface area contributed by atoms with Crippen molar-refractivity contribution in [3.05, 3.63) is 102 Å². The highest BCUT2D eigenvalue weighted by molar-refractivity contribution is 7.80. The Bertz CT molecular complexity index is 1270. The van der Waals surface area contributed by atoms with Crippen LogP contribution in [0.2, 0.25) is 0 Å². The molecule has 9 heteroatoms. The second-order valence-electron chi connectivity index (χ2n) is 8.91. The van der Waals surface area contributed by atoms with Crippen LogP contribution in [-0.4, -0.2) is 47.6 Å². The number of allylic oxidation sites excluding steroid dienone is 3. The standard InChI is InChI=1S/C27H24F2N2O4S/c28-21-12-11-18-13-26(18,23(21)29)27(31-25(36)30-24(33)17-7-3-1-4-8-17)16-35-22(20(27)14-32)15-34-19-9-5-2-6-10-19/h1-13,20,22,32H,14-16H2,(H2,30,31,33,36)/t20?,22-,26?,27+/m1/s1. The lowest BCUT2D eigenvalue weighted by Crippen LogP contribution is -2.65. The van der Waals surface area contributed by atoms with Crippen LogP contribution in [0.25, 0.3) is 0 Å². The quantitative estimate of drug-likeness (QED) is 0.493. The zero-order valence-electron chi connectivity index (χ0n) is 19.1. The summed E-state index contributed by atoms with van der Waals surface area (Å²) in [5.41, 5.74) is -2.00. The maximum Gasteiger partial charge on any atom is 0.257 e. The lowest BCUT2D eigenvalue weighted by molar-refractivity contribution is 0.0341. The minimum atomic E-state index is -1.51. The highest BCUT2D eigenvalue weighted by atomic mass is 32.1. The van der Waals surface area contributed by atoms with Gasteiger partial charge in [0.15, 0.2) is 16.8 Å². The largest absolute Gasteiger partial charge is 0.491 e. The average molecular weight is 511 g/mol. The number of carbonyl (C=O) groups is 1. The van der Waals surface area contributed by atoms with Crippen molar-refractivity contribution in [3.63, 3.8) is 0 Å². The predicted molar refractivity (Wildman–Crippen MR) is 134 cm³/mol. The Kier molecular flexibility index (Phi) is 6.46. The summed E-state index contributed by atoms with van der Waals surface area (Å²) < 4.78 is 41.9. The minimum absolute atomic E-state index is 0.0663. The fraction of sp³-hybridized carbons (Fsp3) is 0.259. The van der Waals surface area contributed by atoms with Gasteiger partial charge >= 0.3 is 0 Å². The molecule has 2 unspecified atom stereocenters. The molecule has 4 atom stereocenters. The summed E-state index contributed by atoms with van der Waals surface area (Å²) in [6, 6.07) is 17.5. The highest BCUT2D eigenvalue weighted by Crippen LogP contribution is 2.65. The zero-order valence-corrected chi connectivity index (χ0v) is 19.9. The first-order chi connectivity index (χ1) is 17.4. The normalized spacial score (nSPS) is 28.2. The first kappa shape index (κ1) is 24.3. The van der Waals surface area contributed by atoms with Crippen molar-refractivity contribution in [2.45, 2.75) is 11.6 Å². The molecule has 0 aromatic heterocycles. The summed E-state index contributed by atoms with van der Waals surface area (Å²) in [4.78, 5) is 12.7. The third-order valence-electron chi connectivity index (χ3n) is 6.97. The maximum atomic E-state index is 15.5. The number of para-hydroxylation sites is 1. The van der Waals surface area contributed by atoms with Gasteiger partial charge in [0.1, 0.15) is 12.4 Å². The summed E-state index contributed by atoms with van der Waals surface area (Å²) >= 11 is 5.44. The molecule has 5 rings (SSSR count). The number of amides is 1. The number of aliphatic hydroxyl groups excluding tert-OH is 1. The van der Waals surface area contributed by atoms with Crippen LogP contribution in [-0.2, 0) is 4.74 Å². The van der Waals surface area contributed by atoms with Gasteiger partial charge in [0.05, 0.1) is 30.3 Å². The molecule has 3 N–H and O–H groups in total. The zero-order chi connectivity index (χ0) is 25.3. The molecule has 6 nitrogen and oxygen atoms in total. The van der Waals surface area contributed by atoms with Crippen LogP contribution in [0.4, 0.5) is 8.78 Å². The molecule has 2 aromatic rings. The first-order valence-electron chi connectivity index (χ1n) is 11.5. The van der Waals surface area contributed by atoms with Gasteiger partial charge in [-0.1, -0.05) is 48.6 Å². The van der Waals surface area contributed by atoms with Crippen LogP contribution < -0.4 is 15.4 Å². The van der Waals surface area contributed by atoms with Gasteiger partial charge in [-0.25, -0.2) is 8.78 Å². The van der Waals surface area contributed by atoms with E-state index in [1.54, 1.807) is 48.5 Å². The number of hydrogen-bond acceptors (Lipinski definition) is 5. The van der Waals surface area contributed by atoms with Crippen LogP contribution >= 0.6 is 12.2 Å². The second kappa shape index (κ2) is 9.57. The fourth-order valence-corrected chi connectivity index (χ4v) is 5.39. The Morgan fingerprint density at radius 2 is 1.81 bits per heavy atom. The van der Waals surface area contributed by atoms with Gasteiger partial charge in [0.2, 0.25) is 0 Å². The van der Waals surface area contributed by atoms with E-state index in [0.717, 1.165) is 6.08 Å². The molecule has 1 heterocycles. The van der Waals surface area contributed by atoms with E-state index in [1.807, 2.05) is 18.2 Å². The smallest absolute Gasteiger partial charge is 0.257 e. The van der Waals surface area contributed by atoms with E-state index in [4.69, 9.17) is 21.7 Å². The van der Waals surface area contributed by atoms with Crippen LogP contribution in [0.3, 0.4) is 0 Å². The molecule has 2 aliphatic carbocycles. The number of ether oxygens (including phenoxy) is 2. The molecule has 0 bridgehead atoms.